The van der Waals surface area contributed by atoms with Gasteiger partial charge >= 0.3 is 0 Å². The minimum atomic E-state index is -0.369. The Balaban J connectivity index is 1.75. The first kappa shape index (κ1) is 17.5. The third-order valence-electron chi connectivity index (χ3n) is 4.51. The highest BCUT2D eigenvalue weighted by molar-refractivity contribution is 6.31. The van der Waals surface area contributed by atoms with Crippen molar-refractivity contribution in [1.29, 1.82) is 0 Å². The van der Waals surface area contributed by atoms with Gasteiger partial charge in [0.1, 0.15) is 0 Å². The smallest absolute Gasteiger partial charge is 0.229 e. The van der Waals surface area contributed by atoms with Gasteiger partial charge in [-0.3, -0.25) is 9.59 Å². The minimum absolute atomic E-state index is 0.0501. The zero-order valence-electron chi connectivity index (χ0n) is 14.6. The summed E-state index contributed by atoms with van der Waals surface area (Å²) in [5.74, 6) is -0.543. The maximum Gasteiger partial charge on any atom is 0.229 e. The first-order valence-electron chi connectivity index (χ1n) is 8.30. The minimum Gasteiger partial charge on any atom is -0.326 e. The second-order valence-corrected chi connectivity index (χ2v) is 7.06. The average Bonchev–Trinajstić information content (AvgIpc) is 2.91. The van der Waals surface area contributed by atoms with E-state index in [-0.39, 0.29) is 24.2 Å². The van der Waals surface area contributed by atoms with E-state index in [9.17, 15) is 9.59 Å². The molecule has 0 aliphatic carbocycles. The van der Waals surface area contributed by atoms with Crippen molar-refractivity contribution in [2.24, 2.45) is 5.92 Å². The zero-order valence-corrected chi connectivity index (χ0v) is 15.4. The van der Waals surface area contributed by atoms with E-state index in [0.29, 0.717) is 11.6 Å². The third kappa shape index (κ3) is 3.69. The van der Waals surface area contributed by atoms with Crippen LogP contribution in [0.3, 0.4) is 0 Å². The van der Waals surface area contributed by atoms with Crippen molar-refractivity contribution in [3.05, 3.63) is 58.1 Å². The average molecular weight is 357 g/mol. The lowest BCUT2D eigenvalue weighted by Crippen LogP contribution is -2.28. The van der Waals surface area contributed by atoms with Gasteiger partial charge in [0, 0.05) is 29.4 Å². The van der Waals surface area contributed by atoms with Crippen molar-refractivity contribution in [1.82, 2.24) is 0 Å². The lowest BCUT2D eigenvalue weighted by molar-refractivity contribution is -0.122. The molecule has 1 fully saturated rings. The fraction of sp³-hybridized carbons (Fsp3) is 0.300. The summed E-state index contributed by atoms with van der Waals surface area (Å²) >= 11 is 6.16. The van der Waals surface area contributed by atoms with Crippen LogP contribution in [0, 0.1) is 26.7 Å². The number of aryl methyl sites for hydroxylation is 2. The van der Waals surface area contributed by atoms with Gasteiger partial charge in [0.05, 0.1) is 5.92 Å². The van der Waals surface area contributed by atoms with Crippen molar-refractivity contribution in [2.75, 3.05) is 16.8 Å². The molecule has 130 valence electrons. The molecule has 0 aromatic heterocycles. The van der Waals surface area contributed by atoms with Crippen LogP contribution in [0.1, 0.15) is 23.1 Å². The summed E-state index contributed by atoms with van der Waals surface area (Å²) in [6.45, 7) is 6.24. The Bertz CT molecular complexity index is 827. The van der Waals surface area contributed by atoms with E-state index in [4.69, 9.17) is 11.6 Å². The van der Waals surface area contributed by atoms with Crippen LogP contribution in [0.15, 0.2) is 36.4 Å². The molecule has 2 amide bonds. The van der Waals surface area contributed by atoms with Crippen molar-refractivity contribution in [3.63, 3.8) is 0 Å². The van der Waals surface area contributed by atoms with Crippen LogP contribution < -0.4 is 10.2 Å². The van der Waals surface area contributed by atoms with E-state index in [2.05, 4.69) is 11.4 Å². The van der Waals surface area contributed by atoms with Gasteiger partial charge in [-0.1, -0.05) is 23.7 Å². The first-order chi connectivity index (χ1) is 11.8. The van der Waals surface area contributed by atoms with E-state index in [1.54, 1.807) is 11.0 Å². The second kappa shape index (κ2) is 6.89. The topological polar surface area (TPSA) is 49.4 Å². The fourth-order valence-corrected chi connectivity index (χ4v) is 3.47. The Morgan fingerprint density at radius 3 is 2.52 bits per heavy atom. The highest BCUT2D eigenvalue weighted by Gasteiger charge is 2.35. The molecule has 0 spiro atoms. The summed E-state index contributed by atoms with van der Waals surface area (Å²) < 4.78 is 0. The van der Waals surface area contributed by atoms with Crippen LogP contribution in [0.2, 0.25) is 5.02 Å². The summed E-state index contributed by atoms with van der Waals surface area (Å²) in [6.07, 6.45) is 0.211. The van der Waals surface area contributed by atoms with Gasteiger partial charge in [0.15, 0.2) is 0 Å². The molecule has 3 rings (SSSR count). The molecule has 5 heteroatoms. The standard InChI is InChI=1S/C20H21ClN2O2/c1-12-7-13(2)9-16(8-12)22-20(25)15-10-19(24)23(11-15)18-6-4-5-17(21)14(18)3/h4-9,15H,10-11H2,1-3H3,(H,22,25)/t15-/m0/s1. The van der Waals surface area contributed by atoms with E-state index in [1.165, 1.54) is 0 Å². The Morgan fingerprint density at radius 1 is 1.16 bits per heavy atom. The Kier molecular flexibility index (Phi) is 4.82. The van der Waals surface area contributed by atoms with Crippen molar-refractivity contribution in [3.8, 4) is 0 Å². The number of hydrogen-bond acceptors (Lipinski definition) is 2. The summed E-state index contributed by atoms with van der Waals surface area (Å²) in [4.78, 5) is 26.7. The number of carbonyl (C=O) groups is 2. The monoisotopic (exact) mass is 356 g/mol. The number of hydrogen-bond donors (Lipinski definition) is 1. The number of amides is 2. The molecular weight excluding hydrogens is 336 g/mol. The molecular formula is C20H21ClN2O2. The Hall–Kier alpha value is -2.33. The van der Waals surface area contributed by atoms with Crippen molar-refractivity contribution in [2.45, 2.75) is 27.2 Å². The van der Waals surface area contributed by atoms with Crippen LogP contribution in [0.5, 0.6) is 0 Å². The van der Waals surface area contributed by atoms with Gasteiger partial charge in [-0.25, -0.2) is 0 Å². The molecule has 1 saturated heterocycles. The normalized spacial score (nSPS) is 17.0. The number of nitrogens with one attached hydrogen (secondary N) is 1. The number of halogens is 1. The molecule has 0 saturated carbocycles. The molecule has 25 heavy (non-hydrogen) atoms. The largest absolute Gasteiger partial charge is 0.326 e. The van der Waals surface area contributed by atoms with Gasteiger partial charge in [0.2, 0.25) is 11.8 Å². The Labute approximate surface area is 152 Å². The number of carbonyl (C=O) groups excluding carboxylic acids is 2. The van der Waals surface area contributed by atoms with Crippen LogP contribution >= 0.6 is 11.6 Å². The molecule has 1 aliphatic rings. The molecule has 0 bridgehead atoms. The summed E-state index contributed by atoms with van der Waals surface area (Å²) in [5.41, 5.74) is 4.59. The summed E-state index contributed by atoms with van der Waals surface area (Å²) in [6, 6.07) is 11.4. The number of benzene rings is 2. The van der Waals surface area contributed by atoms with E-state index in [1.807, 2.05) is 45.0 Å². The van der Waals surface area contributed by atoms with Crippen LogP contribution in [0.4, 0.5) is 11.4 Å². The zero-order chi connectivity index (χ0) is 18.1. The SMILES string of the molecule is Cc1cc(C)cc(NC(=O)[C@H]2CC(=O)N(c3cccc(Cl)c3C)C2)c1. The van der Waals surface area contributed by atoms with Crippen molar-refractivity contribution >= 4 is 34.8 Å². The van der Waals surface area contributed by atoms with Gasteiger partial charge < -0.3 is 10.2 Å². The van der Waals surface area contributed by atoms with Crippen LogP contribution in [0.25, 0.3) is 0 Å². The molecule has 2 aromatic carbocycles. The lowest BCUT2D eigenvalue weighted by Gasteiger charge is -2.19. The van der Waals surface area contributed by atoms with E-state index >= 15 is 0 Å². The van der Waals surface area contributed by atoms with E-state index < -0.39 is 0 Å². The van der Waals surface area contributed by atoms with Crippen molar-refractivity contribution < 1.29 is 9.59 Å². The molecule has 0 radical (unpaired) electrons. The quantitative estimate of drug-likeness (QED) is 0.893. The summed E-state index contributed by atoms with van der Waals surface area (Å²) in [7, 11) is 0. The third-order valence-corrected chi connectivity index (χ3v) is 4.92. The lowest BCUT2D eigenvalue weighted by atomic mass is 10.1. The van der Waals surface area contributed by atoms with Crippen LogP contribution in [-0.4, -0.2) is 18.4 Å². The maximum atomic E-state index is 12.6. The first-order valence-corrected chi connectivity index (χ1v) is 8.67. The molecule has 1 heterocycles. The number of nitrogens with zero attached hydrogens (tertiary/aromatic N) is 1. The number of anilines is 2. The van der Waals surface area contributed by atoms with E-state index in [0.717, 1.165) is 28.1 Å². The highest BCUT2D eigenvalue weighted by Crippen LogP contribution is 2.31. The maximum absolute atomic E-state index is 12.6. The van der Waals surface area contributed by atoms with Gasteiger partial charge in [-0.15, -0.1) is 0 Å². The summed E-state index contributed by atoms with van der Waals surface area (Å²) in [5, 5.41) is 3.56. The molecule has 1 N–H and O–H groups in total. The Morgan fingerprint density at radius 2 is 1.84 bits per heavy atom. The predicted octanol–water partition coefficient (Wildman–Crippen LogP) is 4.26. The molecule has 1 aliphatic heterocycles. The van der Waals surface area contributed by atoms with Gasteiger partial charge in [-0.05, 0) is 61.7 Å². The molecule has 0 unspecified atom stereocenters. The molecule has 4 nitrogen and oxygen atoms in total. The van der Waals surface area contributed by atoms with Gasteiger partial charge in [0.25, 0.3) is 0 Å². The van der Waals surface area contributed by atoms with Crippen LogP contribution in [-0.2, 0) is 9.59 Å². The second-order valence-electron chi connectivity index (χ2n) is 6.65. The molecule has 1 atom stereocenters. The van der Waals surface area contributed by atoms with Gasteiger partial charge in [-0.2, -0.15) is 0 Å². The fourth-order valence-electron chi connectivity index (χ4n) is 3.30. The number of rotatable bonds is 3. The highest BCUT2D eigenvalue weighted by atomic mass is 35.5. The molecule has 2 aromatic rings. The predicted molar refractivity (Wildman–Crippen MR) is 101 cm³/mol.